The van der Waals surface area contributed by atoms with Gasteiger partial charge in [-0.1, -0.05) is 19.3 Å². The van der Waals surface area contributed by atoms with Crippen molar-refractivity contribution in [2.24, 2.45) is 17.6 Å². The average molecular weight is 224 g/mol. The van der Waals surface area contributed by atoms with Gasteiger partial charge in [-0.15, -0.1) is 0 Å². The van der Waals surface area contributed by atoms with Gasteiger partial charge in [0.1, 0.15) is 0 Å². The lowest BCUT2D eigenvalue weighted by Crippen LogP contribution is -2.35. The van der Waals surface area contributed by atoms with E-state index in [0.717, 1.165) is 45.3 Å². The molecule has 1 atom stereocenters. The fourth-order valence-electron chi connectivity index (χ4n) is 3.11. The van der Waals surface area contributed by atoms with Gasteiger partial charge in [0.2, 0.25) is 5.91 Å². The Kier molecular flexibility index (Phi) is 4.22. The predicted molar refractivity (Wildman–Crippen MR) is 64.9 cm³/mol. The molecule has 2 aliphatic rings. The topological polar surface area (TPSA) is 46.3 Å². The van der Waals surface area contributed by atoms with Crippen LogP contribution in [0.15, 0.2) is 0 Å². The summed E-state index contributed by atoms with van der Waals surface area (Å²) in [6, 6.07) is 0. The van der Waals surface area contributed by atoms with Crippen LogP contribution in [0.4, 0.5) is 0 Å². The van der Waals surface area contributed by atoms with Crippen molar-refractivity contribution in [3.8, 4) is 0 Å². The van der Waals surface area contributed by atoms with E-state index in [0.29, 0.717) is 17.7 Å². The van der Waals surface area contributed by atoms with Gasteiger partial charge in [0, 0.05) is 19.0 Å². The van der Waals surface area contributed by atoms with Crippen LogP contribution in [0.5, 0.6) is 0 Å². The number of hydrogen-bond donors (Lipinski definition) is 1. The van der Waals surface area contributed by atoms with Crippen LogP contribution in [0.2, 0.25) is 0 Å². The summed E-state index contributed by atoms with van der Waals surface area (Å²) in [5.74, 6) is 1.43. The Hall–Kier alpha value is -0.570. The molecule has 1 saturated heterocycles. The Morgan fingerprint density at radius 3 is 2.62 bits per heavy atom. The SMILES string of the molecule is NCCC1CCN(C(=O)C2CCCCC2)C1. The molecule has 1 aliphatic heterocycles. The summed E-state index contributed by atoms with van der Waals surface area (Å²) in [6.07, 6.45) is 8.30. The third kappa shape index (κ3) is 2.76. The predicted octanol–water partition coefficient (Wildman–Crippen LogP) is 1.76. The van der Waals surface area contributed by atoms with Gasteiger partial charge in [0.05, 0.1) is 0 Å². The van der Waals surface area contributed by atoms with E-state index in [1.807, 2.05) is 0 Å². The largest absolute Gasteiger partial charge is 0.342 e. The highest BCUT2D eigenvalue weighted by Gasteiger charge is 2.30. The van der Waals surface area contributed by atoms with Crippen LogP contribution >= 0.6 is 0 Å². The fraction of sp³-hybridized carbons (Fsp3) is 0.923. The summed E-state index contributed by atoms with van der Waals surface area (Å²) < 4.78 is 0. The molecule has 1 amide bonds. The molecular formula is C13H24N2O. The molecule has 92 valence electrons. The normalized spacial score (nSPS) is 27.3. The average Bonchev–Trinajstić information content (AvgIpc) is 2.78. The van der Waals surface area contributed by atoms with E-state index in [1.54, 1.807) is 0 Å². The fourth-order valence-corrected chi connectivity index (χ4v) is 3.11. The molecule has 0 aromatic heterocycles. The Balaban J connectivity index is 1.81. The van der Waals surface area contributed by atoms with E-state index in [1.165, 1.54) is 19.3 Å². The first-order valence-electron chi connectivity index (χ1n) is 6.80. The molecule has 0 bridgehead atoms. The van der Waals surface area contributed by atoms with E-state index < -0.39 is 0 Å². The maximum atomic E-state index is 12.2. The van der Waals surface area contributed by atoms with Crippen molar-refractivity contribution >= 4 is 5.91 Å². The summed E-state index contributed by atoms with van der Waals surface area (Å²) in [5.41, 5.74) is 5.57. The highest BCUT2D eigenvalue weighted by molar-refractivity contribution is 5.79. The maximum Gasteiger partial charge on any atom is 0.225 e. The Morgan fingerprint density at radius 1 is 1.19 bits per heavy atom. The first-order valence-corrected chi connectivity index (χ1v) is 6.80. The summed E-state index contributed by atoms with van der Waals surface area (Å²) in [5, 5.41) is 0. The second kappa shape index (κ2) is 5.67. The van der Waals surface area contributed by atoms with Crippen molar-refractivity contribution in [1.82, 2.24) is 4.90 Å². The van der Waals surface area contributed by atoms with E-state index in [4.69, 9.17) is 5.73 Å². The van der Waals surface area contributed by atoms with Gasteiger partial charge in [-0.25, -0.2) is 0 Å². The van der Waals surface area contributed by atoms with Gasteiger partial charge in [0.15, 0.2) is 0 Å². The Labute approximate surface area is 98.4 Å². The third-order valence-electron chi connectivity index (χ3n) is 4.13. The molecule has 0 aromatic rings. The quantitative estimate of drug-likeness (QED) is 0.794. The second-order valence-corrected chi connectivity index (χ2v) is 5.35. The van der Waals surface area contributed by atoms with Crippen LogP contribution in [0.25, 0.3) is 0 Å². The first kappa shape index (κ1) is 11.9. The van der Waals surface area contributed by atoms with E-state index in [9.17, 15) is 4.79 Å². The number of nitrogens with zero attached hydrogens (tertiary/aromatic N) is 1. The van der Waals surface area contributed by atoms with Crippen LogP contribution in [-0.2, 0) is 4.79 Å². The number of carbonyl (C=O) groups is 1. The lowest BCUT2D eigenvalue weighted by Gasteiger charge is -2.26. The number of likely N-dealkylation sites (tertiary alicyclic amines) is 1. The van der Waals surface area contributed by atoms with Crippen molar-refractivity contribution in [3.05, 3.63) is 0 Å². The van der Waals surface area contributed by atoms with E-state index in [-0.39, 0.29) is 0 Å². The zero-order valence-corrected chi connectivity index (χ0v) is 10.2. The number of nitrogens with two attached hydrogens (primary N) is 1. The minimum Gasteiger partial charge on any atom is -0.342 e. The van der Waals surface area contributed by atoms with Crippen molar-refractivity contribution in [1.29, 1.82) is 0 Å². The molecule has 2 N–H and O–H groups in total. The van der Waals surface area contributed by atoms with Gasteiger partial charge < -0.3 is 10.6 Å². The van der Waals surface area contributed by atoms with E-state index >= 15 is 0 Å². The van der Waals surface area contributed by atoms with Crippen molar-refractivity contribution in [3.63, 3.8) is 0 Å². The molecule has 3 nitrogen and oxygen atoms in total. The summed E-state index contributed by atoms with van der Waals surface area (Å²) in [4.78, 5) is 14.3. The zero-order valence-electron chi connectivity index (χ0n) is 10.2. The zero-order chi connectivity index (χ0) is 11.4. The number of amides is 1. The van der Waals surface area contributed by atoms with Crippen LogP contribution in [0, 0.1) is 11.8 Å². The lowest BCUT2D eigenvalue weighted by molar-refractivity contribution is -0.135. The van der Waals surface area contributed by atoms with Crippen LogP contribution in [-0.4, -0.2) is 30.4 Å². The molecule has 1 aliphatic carbocycles. The van der Waals surface area contributed by atoms with Gasteiger partial charge in [-0.3, -0.25) is 4.79 Å². The van der Waals surface area contributed by atoms with E-state index in [2.05, 4.69) is 4.90 Å². The Bertz CT molecular complexity index is 236. The minimum atomic E-state index is 0.338. The van der Waals surface area contributed by atoms with Gasteiger partial charge in [-0.05, 0) is 38.1 Å². The smallest absolute Gasteiger partial charge is 0.225 e. The molecule has 1 saturated carbocycles. The number of rotatable bonds is 3. The summed E-state index contributed by atoms with van der Waals surface area (Å²) in [7, 11) is 0. The van der Waals surface area contributed by atoms with Crippen molar-refractivity contribution in [2.75, 3.05) is 19.6 Å². The molecule has 3 heteroatoms. The molecule has 2 fully saturated rings. The van der Waals surface area contributed by atoms with Gasteiger partial charge in [-0.2, -0.15) is 0 Å². The van der Waals surface area contributed by atoms with Crippen LogP contribution in [0.1, 0.15) is 44.9 Å². The van der Waals surface area contributed by atoms with Crippen molar-refractivity contribution in [2.45, 2.75) is 44.9 Å². The molecule has 0 aromatic carbocycles. The molecular weight excluding hydrogens is 200 g/mol. The standard InChI is InChI=1S/C13H24N2O/c14-8-6-11-7-9-15(10-11)13(16)12-4-2-1-3-5-12/h11-12H,1-10,14H2. The number of hydrogen-bond acceptors (Lipinski definition) is 2. The molecule has 1 unspecified atom stereocenters. The minimum absolute atomic E-state index is 0.338. The summed E-state index contributed by atoms with van der Waals surface area (Å²) in [6.45, 7) is 2.70. The second-order valence-electron chi connectivity index (χ2n) is 5.35. The van der Waals surface area contributed by atoms with Crippen LogP contribution < -0.4 is 5.73 Å². The molecule has 2 rings (SSSR count). The maximum absolute atomic E-state index is 12.2. The number of carbonyl (C=O) groups excluding carboxylic acids is 1. The lowest BCUT2D eigenvalue weighted by atomic mass is 9.88. The first-order chi connectivity index (χ1) is 7.81. The summed E-state index contributed by atoms with van der Waals surface area (Å²) >= 11 is 0. The Morgan fingerprint density at radius 2 is 1.94 bits per heavy atom. The monoisotopic (exact) mass is 224 g/mol. The van der Waals surface area contributed by atoms with Gasteiger partial charge >= 0.3 is 0 Å². The highest BCUT2D eigenvalue weighted by atomic mass is 16.2. The highest BCUT2D eigenvalue weighted by Crippen LogP contribution is 2.28. The van der Waals surface area contributed by atoms with Crippen LogP contribution in [0.3, 0.4) is 0 Å². The van der Waals surface area contributed by atoms with Gasteiger partial charge in [0.25, 0.3) is 0 Å². The van der Waals surface area contributed by atoms with Crippen molar-refractivity contribution < 1.29 is 4.79 Å². The molecule has 16 heavy (non-hydrogen) atoms. The third-order valence-corrected chi connectivity index (χ3v) is 4.13. The molecule has 0 spiro atoms. The molecule has 1 heterocycles. The molecule has 0 radical (unpaired) electrons.